The molecule has 1 atom stereocenters. The molecule has 0 saturated carbocycles. The largest absolute Gasteiger partial charge is 0.394 e. The van der Waals surface area contributed by atoms with Crippen LogP contribution in [0.3, 0.4) is 0 Å². The fourth-order valence-electron chi connectivity index (χ4n) is 0.856. The highest BCUT2D eigenvalue weighted by Crippen LogP contribution is 2.16. The van der Waals surface area contributed by atoms with Gasteiger partial charge in [-0.2, -0.15) is 12.6 Å². The Bertz CT molecular complexity index is 103. The van der Waals surface area contributed by atoms with E-state index in [-0.39, 0.29) is 4.87 Å². The van der Waals surface area contributed by atoms with Gasteiger partial charge in [-0.05, 0) is 20.4 Å². The van der Waals surface area contributed by atoms with Gasteiger partial charge in [-0.15, -0.1) is 0 Å². The van der Waals surface area contributed by atoms with Gasteiger partial charge in [-0.3, -0.25) is 0 Å². The molecule has 0 aliphatic heterocycles. The molecule has 0 spiro atoms. The van der Waals surface area contributed by atoms with Crippen LogP contribution in [0.4, 0.5) is 0 Å². The van der Waals surface area contributed by atoms with Gasteiger partial charge >= 0.3 is 8.56 Å². The summed E-state index contributed by atoms with van der Waals surface area (Å²) in [6.07, 6.45) is 0. The van der Waals surface area contributed by atoms with E-state index in [4.69, 9.17) is 8.85 Å². The summed E-state index contributed by atoms with van der Waals surface area (Å²) in [6, 6.07) is 0. The Hall–Kier alpha value is 0.487. The van der Waals surface area contributed by atoms with E-state index in [1.807, 2.05) is 20.8 Å². The molecular formula is C7H18O2SSi. The van der Waals surface area contributed by atoms with Crippen molar-refractivity contribution in [1.82, 2.24) is 0 Å². The lowest BCUT2D eigenvalue weighted by Gasteiger charge is -2.28. The van der Waals surface area contributed by atoms with Crippen LogP contribution in [0.1, 0.15) is 20.8 Å². The summed E-state index contributed by atoms with van der Waals surface area (Å²) in [7, 11) is -1.96. The van der Waals surface area contributed by atoms with Gasteiger partial charge in [-0.1, -0.05) is 6.92 Å². The van der Waals surface area contributed by atoms with Crippen LogP contribution in [-0.4, -0.2) is 26.6 Å². The maximum atomic E-state index is 5.57. The molecule has 0 heterocycles. The second-order valence-electron chi connectivity index (χ2n) is 2.56. The first-order chi connectivity index (χ1) is 5.06. The normalized spacial score (nSPS) is 15.0. The van der Waals surface area contributed by atoms with Crippen molar-refractivity contribution in [2.24, 2.45) is 0 Å². The van der Waals surface area contributed by atoms with Gasteiger partial charge in [0.2, 0.25) is 0 Å². The zero-order valence-corrected chi connectivity index (χ0v) is 9.65. The zero-order valence-electron chi connectivity index (χ0n) is 7.76. The van der Waals surface area contributed by atoms with Crippen molar-refractivity contribution in [2.45, 2.75) is 32.2 Å². The van der Waals surface area contributed by atoms with E-state index in [1.165, 1.54) is 0 Å². The summed E-state index contributed by atoms with van der Waals surface area (Å²) >= 11 is 4.36. The lowest BCUT2D eigenvalue weighted by Crippen LogP contribution is -2.47. The van der Waals surface area contributed by atoms with Crippen LogP contribution in [0, 0.1) is 0 Å². The molecule has 68 valence electrons. The van der Waals surface area contributed by atoms with Crippen LogP contribution in [0.5, 0.6) is 0 Å². The molecule has 4 heteroatoms. The van der Waals surface area contributed by atoms with Gasteiger partial charge in [0, 0.05) is 18.1 Å². The fourth-order valence-corrected chi connectivity index (χ4v) is 3.02. The van der Waals surface area contributed by atoms with E-state index in [0.29, 0.717) is 13.2 Å². The first-order valence-electron chi connectivity index (χ1n) is 4.02. The van der Waals surface area contributed by atoms with Crippen LogP contribution < -0.4 is 0 Å². The molecule has 0 bridgehead atoms. The molecule has 0 rings (SSSR count). The van der Waals surface area contributed by atoms with Gasteiger partial charge in [0.1, 0.15) is 0 Å². The zero-order chi connectivity index (χ0) is 8.91. The molecule has 0 aliphatic carbocycles. The first kappa shape index (κ1) is 11.5. The molecular weight excluding hydrogens is 176 g/mol. The van der Waals surface area contributed by atoms with E-state index in [0.717, 1.165) is 0 Å². The quantitative estimate of drug-likeness (QED) is 0.533. The second-order valence-corrected chi connectivity index (χ2v) is 7.29. The molecule has 0 aliphatic rings. The van der Waals surface area contributed by atoms with Crippen LogP contribution in [-0.2, 0) is 8.85 Å². The number of thiol groups is 1. The Labute approximate surface area is 75.9 Å². The Balaban J connectivity index is 4.01. The van der Waals surface area contributed by atoms with Crippen LogP contribution in [0.2, 0.25) is 6.55 Å². The lowest BCUT2D eigenvalue weighted by atomic mass is 10.9. The van der Waals surface area contributed by atoms with Crippen molar-refractivity contribution in [2.75, 3.05) is 13.2 Å². The third-order valence-corrected chi connectivity index (χ3v) is 6.27. The van der Waals surface area contributed by atoms with Crippen molar-refractivity contribution >= 4 is 21.2 Å². The molecule has 0 N–H and O–H groups in total. The molecule has 11 heavy (non-hydrogen) atoms. The highest BCUT2D eigenvalue weighted by Gasteiger charge is 2.35. The van der Waals surface area contributed by atoms with Crippen molar-refractivity contribution < 1.29 is 8.85 Å². The summed E-state index contributed by atoms with van der Waals surface area (Å²) in [5, 5.41) is 0. The standard InChI is InChI=1S/C7H18O2SSi/c1-5-8-11(4,7(3)10)9-6-2/h7,10H,5-6H2,1-4H3. The van der Waals surface area contributed by atoms with Crippen molar-refractivity contribution in [3.63, 3.8) is 0 Å². The molecule has 1 unspecified atom stereocenters. The Morgan fingerprint density at radius 2 is 1.64 bits per heavy atom. The molecule has 0 amide bonds. The van der Waals surface area contributed by atoms with E-state index in [2.05, 4.69) is 19.2 Å². The maximum Gasteiger partial charge on any atom is 0.347 e. The topological polar surface area (TPSA) is 18.5 Å². The summed E-state index contributed by atoms with van der Waals surface area (Å²) in [5.74, 6) is 0. The van der Waals surface area contributed by atoms with Gasteiger partial charge < -0.3 is 8.85 Å². The molecule has 0 aromatic rings. The summed E-state index contributed by atoms with van der Waals surface area (Å²) in [5.41, 5.74) is 0. The fraction of sp³-hybridized carbons (Fsp3) is 1.00. The highest BCUT2D eigenvalue weighted by atomic mass is 32.1. The summed E-state index contributed by atoms with van der Waals surface area (Å²) in [6.45, 7) is 9.49. The summed E-state index contributed by atoms with van der Waals surface area (Å²) < 4.78 is 11.1. The second kappa shape index (κ2) is 5.19. The number of hydrogen-bond acceptors (Lipinski definition) is 3. The monoisotopic (exact) mass is 194 g/mol. The Morgan fingerprint density at radius 3 is 1.82 bits per heavy atom. The van der Waals surface area contributed by atoms with E-state index >= 15 is 0 Å². The molecule has 2 nitrogen and oxygen atoms in total. The molecule has 0 aromatic carbocycles. The number of rotatable bonds is 5. The Kier molecular flexibility index (Phi) is 5.42. The predicted molar refractivity (Wildman–Crippen MR) is 53.3 cm³/mol. The maximum absolute atomic E-state index is 5.57. The van der Waals surface area contributed by atoms with Crippen LogP contribution in [0.15, 0.2) is 0 Å². The van der Waals surface area contributed by atoms with Gasteiger partial charge in [0.15, 0.2) is 0 Å². The van der Waals surface area contributed by atoms with Gasteiger partial charge in [0.05, 0.1) is 0 Å². The van der Waals surface area contributed by atoms with Crippen molar-refractivity contribution in [3.8, 4) is 0 Å². The molecule has 0 saturated heterocycles. The average Bonchev–Trinajstić information content (AvgIpc) is 1.88. The van der Waals surface area contributed by atoms with Crippen molar-refractivity contribution in [3.05, 3.63) is 0 Å². The minimum atomic E-state index is -1.96. The minimum absolute atomic E-state index is 0.224. The molecule has 0 fully saturated rings. The SMILES string of the molecule is CCO[Si](C)(OCC)C(C)S. The van der Waals surface area contributed by atoms with E-state index in [9.17, 15) is 0 Å². The van der Waals surface area contributed by atoms with Crippen LogP contribution >= 0.6 is 12.6 Å². The third kappa shape index (κ3) is 3.60. The minimum Gasteiger partial charge on any atom is -0.394 e. The average molecular weight is 194 g/mol. The first-order valence-corrected chi connectivity index (χ1v) is 6.93. The summed E-state index contributed by atoms with van der Waals surface area (Å²) in [4.78, 5) is 0.224. The smallest absolute Gasteiger partial charge is 0.347 e. The van der Waals surface area contributed by atoms with Gasteiger partial charge in [-0.25, -0.2) is 0 Å². The number of hydrogen-bond donors (Lipinski definition) is 1. The van der Waals surface area contributed by atoms with Crippen LogP contribution in [0.25, 0.3) is 0 Å². The van der Waals surface area contributed by atoms with E-state index in [1.54, 1.807) is 0 Å². The van der Waals surface area contributed by atoms with E-state index < -0.39 is 8.56 Å². The third-order valence-electron chi connectivity index (χ3n) is 1.62. The highest BCUT2D eigenvalue weighted by molar-refractivity contribution is 7.83. The van der Waals surface area contributed by atoms with Gasteiger partial charge in [0.25, 0.3) is 0 Å². The predicted octanol–water partition coefficient (Wildman–Crippen LogP) is 1.99. The Morgan fingerprint density at radius 1 is 1.27 bits per heavy atom. The molecule has 0 radical (unpaired) electrons. The molecule has 0 aromatic heterocycles. The van der Waals surface area contributed by atoms with Crippen molar-refractivity contribution in [1.29, 1.82) is 0 Å². The lowest BCUT2D eigenvalue weighted by molar-refractivity contribution is 0.188.